The highest BCUT2D eigenvalue weighted by Gasteiger charge is 2.34. The van der Waals surface area contributed by atoms with Gasteiger partial charge in [-0.05, 0) is 53.7 Å². The first-order valence-corrected chi connectivity index (χ1v) is 12.5. The molecule has 3 aromatic rings. The number of halogens is 1. The number of sulfone groups is 1. The number of nitrogens with zero attached hydrogens (tertiary/aromatic N) is 2. The van der Waals surface area contributed by atoms with Gasteiger partial charge in [-0.25, -0.2) is 28.0 Å². The van der Waals surface area contributed by atoms with Gasteiger partial charge in [-0.3, -0.25) is 9.83 Å². The molecule has 36 heavy (non-hydrogen) atoms. The zero-order valence-electron chi connectivity index (χ0n) is 21.5. The Morgan fingerprint density at radius 3 is 2.28 bits per heavy atom. The Labute approximate surface area is 209 Å². The van der Waals surface area contributed by atoms with Crippen LogP contribution < -0.4 is 20.3 Å². The van der Waals surface area contributed by atoms with Gasteiger partial charge >= 0.3 is 6.09 Å². The van der Waals surface area contributed by atoms with Crippen molar-refractivity contribution in [1.29, 1.82) is 0 Å². The van der Waals surface area contributed by atoms with Crippen molar-refractivity contribution < 1.29 is 31.8 Å². The standard InChI is InChI=1S/C24H31FN4O6S/c1-23(2,3)35-22(30)28-27-16-10-14(9-15(25)21(16)34-8)17-12-26-20-11-18(33-7)19(13-29(17)20)36(31,32)24(4,5)6/h9-13,27H,1-8H3,(H,28,30). The molecule has 2 heterocycles. The van der Waals surface area contributed by atoms with Crippen LogP contribution in [0.4, 0.5) is 14.9 Å². The van der Waals surface area contributed by atoms with Gasteiger partial charge in [0.25, 0.3) is 0 Å². The number of fused-ring (bicyclic) bond motifs is 1. The molecule has 0 radical (unpaired) electrons. The number of carbonyl (C=O) groups excluding carboxylic acids is 1. The number of aromatic nitrogens is 2. The Hall–Kier alpha value is -3.54. The molecule has 2 N–H and O–H groups in total. The second-order valence-electron chi connectivity index (χ2n) is 9.98. The first kappa shape index (κ1) is 27.1. The Balaban J connectivity index is 2.12. The third-order valence-corrected chi connectivity index (χ3v) is 7.63. The van der Waals surface area contributed by atoms with Crippen molar-refractivity contribution in [3.05, 3.63) is 36.4 Å². The van der Waals surface area contributed by atoms with Crippen LogP contribution in [0.15, 0.2) is 35.5 Å². The molecule has 10 nitrogen and oxygen atoms in total. The summed E-state index contributed by atoms with van der Waals surface area (Å²) in [5.41, 5.74) is 5.50. The summed E-state index contributed by atoms with van der Waals surface area (Å²) in [6.45, 7) is 9.91. The van der Waals surface area contributed by atoms with Gasteiger partial charge in [-0.15, -0.1) is 0 Å². The van der Waals surface area contributed by atoms with Crippen LogP contribution in [-0.2, 0) is 14.6 Å². The van der Waals surface area contributed by atoms with Crippen LogP contribution in [0.5, 0.6) is 11.5 Å². The summed E-state index contributed by atoms with van der Waals surface area (Å²) in [6, 6.07) is 4.26. The highest BCUT2D eigenvalue weighted by atomic mass is 32.2. The molecule has 1 aromatic carbocycles. The third kappa shape index (κ3) is 5.32. The molecule has 0 bridgehead atoms. The van der Waals surface area contributed by atoms with Crippen molar-refractivity contribution in [2.24, 2.45) is 0 Å². The van der Waals surface area contributed by atoms with Crippen molar-refractivity contribution in [3.63, 3.8) is 0 Å². The van der Waals surface area contributed by atoms with Crippen LogP contribution in [0.25, 0.3) is 16.9 Å². The van der Waals surface area contributed by atoms with Gasteiger partial charge < -0.3 is 14.2 Å². The number of benzene rings is 1. The summed E-state index contributed by atoms with van der Waals surface area (Å²) in [6.07, 6.45) is 2.12. The average Bonchev–Trinajstić information content (AvgIpc) is 3.17. The van der Waals surface area contributed by atoms with Crippen molar-refractivity contribution in [2.45, 2.75) is 56.8 Å². The highest BCUT2D eigenvalue weighted by molar-refractivity contribution is 7.92. The first-order valence-electron chi connectivity index (χ1n) is 11.0. The molecule has 0 aliphatic heterocycles. The molecule has 1 amide bonds. The summed E-state index contributed by atoms with van der Waals surface area (Å²) in [7, 11) is -1.12. The molecule has 3 rings (SSSR count). The van der Waals surface area contributed by atoms with Crippen molar-refractivity contribution >= 4 is 27.3 Å². The predicted molar refractivity (Wildman–Crippen MR) is 134 cm³/mol. The van der Waals surface area contributed by atoms with Gasteiger partial charge in [0, 0.05) is 17.8 Å². The van der Waals surface area contributed by atoms with Gasteiger partial charge in [0.15, 0.2) is 21.4 Å². The maximum Gasteiger partial charge on any atom is 0.426 e. The van der Waals surface area contributed by atoms with E-state index in [0.29, 0.717) is 16.9 Å². The minimum absolute atomic E-state index is 0.0248. The molecular formula is C24H31FN4O6S. The number of carbonyl (C=O) groups is 1. The smallest absolute Gasteiger partial charge is 0.426 e. The van der Waals surface area contributed by atoms with E-state index in [-0.39, 0.29) is 22.1 Å². The number of imidazole rings is 1. The van der Waals surface area contributed by atoms with E-state index in [9.17, 15) is 17.6 Å². The summed E-state index contributed by atoms with van der Waals surface area (Å²) >= 11 is 0. The molecule has 12 heteroatoms. The fraction of sp³-hybridized carbons (Fsp3) is 0.417. The van der Waals surface area contributed by atoms with Crippen LogP contribution in [-0.4, -0.2) is 48.5 Å². The number of hydrazine groups is 1. The number of hydrogen-bond donors (Lipinski definition) is 2. The first-order chi connectivity index (χ1) is 16.6. The number of rotatable bonds is 6. The number of nitrogens with one attached hydrogen (secondary N) is 2. The van der Waals surface area contributed by atoms with Crippen molar-refractivity contribution in [2.75, 3.05) is 19.6 Å². The lowest BCUT2D eigenvalue weighted by atomic mass is 10.1. The monoisotopic (exact) mass is 522 g/mol. The lowest BCUT2D eigenvalue weighted by Gasteiger charge is -2.21. The molecule has 0 saturated carbocycles. The van der Waals surface area contributed by atoms with E-state index in [4.69, 9.17) is 14.2 Å². The van der Waals surface area contributed by atoms with E-state index < -0.39 is 32.1 Å². The summed E-state index contributed by atoms with van der Waals surface area (Å²) in [5, 5.41) is 0. The Kier molecular flexibility index (Phi) is 7.13. The highest BCUT2D eigenvalue weighted by Crippen LogP contribution is 2.37. The summed E-state index contributed by atoms with van der Waals surface area (Å²) < 4.78 is 57.6. The Bertz CT molecular complexity index is 1400. The third-order valence-electron chi connectivity index (χ3n) is 5.13. The number of pyridine rings is 1. The molecular weight excluding hydrogens is 491 g/mol. The van der Waals surface area contributed by atoms with Gasteiger partial charge in [0.1, 0.15) is 21.9 Å². The van der Waals surface area contributed by atoms with E-state index in [2.05, 4.69) is 15.8 Å². The number of hydrogen-bond acceptors (Lipinski definition) is 8. The second-order valence-corrected chi connectivity index (χ2v) is 12.7. The molecule has 0 atom stereocenters. The van der Waals surface area contributed by atoms with E-state index in [1.165, 1.54) is 49.2 Å². The molecule has 0 aliphatic carbocycles. The van der Waals surface area contributed by atoms with E-state index in [0.717, 1.165) is 0 Å². The summed E-state index contributed by atoms with van der Waals surface area (Å²) in [5.74, 6) is -0.699. The Morgan fingerprint density at radius 2 is 1.72 bits per heavy atom. The quantitative estimate of drug-likeness (QED) is 0.452. The number of methoxy groups -OCH3 is 2. The molecule has 0 fully saturated rings. The minimum atomic E-state index is -3.79. The topological polar surface area (TPSA) is 120 Å². The fourth-order valence-electron chi connectivity index (χ4n) is 3.36. The largest absolute Gasteiger partial charge is 0.495 e. The van der Waals surface area contributed by atoms with Gasteiger partial charge in [-0.1, -0.05) is 0 Å². The van der Waals surface area contributed by atoms with Gasteiger partial charge in [0.05, 0.1) is 36.5 Å². The zero-order valence-corrected chi connectivity index (χ0v) is 22.3. The molecule has 2 aromatic heterocycles. The van der Waals surface area contributed by atoms with Crippen molar-refractivity contribution in [1.82, 2.24) is 14.8 Å². The number of amides is 1. The van der Waals surface area contributed by atoms with Crippen LogP contribution in [0.3, 0.4) is 0 Å². The lowest BCUT2D eigenvalue weighted by molar-refractivity contribution is 0.0541. The van der Waals surface area contributed by atoms with Crippen LogP contribution >= 0.6 is 0 Å². The molecule has 0 unspecified atom stereocenters. The van der Waals surface area contributed by atoms with Gasteiger partial charge in [-0.2, -0.15) is 0 Å². The lowest BCUT2D eigenvalue weighted by Crippen LogP contribution is -2.36. The zero-order chi connectivity index (χ0) is 27.1. The number of ether oxygens (including phenoxy) is 3. The second kappa shape index (κ2) is 9.49. The van der Waals surface area contributed by atoms with E-state index >= 15 is 0 Å². The fourth-order valence-corrected chi connectivity index (χ4v) is 4.67. The molecule has 0 aliphatic rings. The normalized spacial score (nSPS) is 12.4. The van der Waals surface area contributed by atoms with E-state index in [1.54, 1.807) is 41.5 Å². The maximum absolute atomic E-state index is 15.0. The minimum Gasteiger partial charge on any atom is -0.495 e. The van der Waals surface area contributed by atoms with Crippen LogP contribution in [0, 0.1) is 5.82 Å². The Morgan fingerprint density at radius 1 is 1.06 bits per heavy atom. The van der Waals surface area contributed by atoms with Crippen molar-refractivity contribution in [3.8, 4) is 22.8 Å². The SMILES string of the molecule is COc1cc2ncc(-c3cc(F)c(OC)c(NNC(=O)OC(C)(C)C)c3)n2cc1S(=O)(=O)C(C)(C)C. The predicted octanol–water partition coefficient (Wildman–Crippen LogP) is 4.58. The van der Waals surface area contributed by atoms with Crippen LogP contribution in [0.1, 0.15) is 41.5 Å². The van der Waals surface area contributed by atoms with Gasteiger partial charge in [0.2, 0.25) is 0 Å². The maximum atomic E-state index is 15.0. The summed E-state index contributed by atoms with van der Waals surface area (Å²) in [4.78, 5) is 16.4. The number of anilines is 1. The molecule has 0 spiro atoms. The van der Waals surface area contributed by atoms with E-state index in [1.807, 2.05) is 0 Å². The molecule has 0 saturated heterocycles. The van der Waals surface area contributed by atoms with Crippen LogP contribution in [0.2, 0.25) is 0 Å². The molecule has 196 valence electrons. The average molecular weight is 523 g/mol.